The zero-order valence-electron chi connectivity index (χ0n) is 21.6. The van der Waals surface area contributed by atoms with Crippen LogP contribution >= 0.6 is 23.2 Å². The topological polar surface area (TPSA) is 118 Å². The molecule has 0 bridgehead atoms. The molecule has 0 aliphatic carbocycles. The Morgan fingerprint density at radius 2 is 1.95 bits per heavy atom. The molecule has 0 spiro atoms. The number of benzene rings is 1. The monoisotopic (exact) mass is 640 g/mol. The number of alkyl halides is 3. The van der Waals surface area contributed by atoms with E-state index in [0.717, 1.165) is 6.07 Å². The zero-order valence-corrected chi connectivity index (χ0v) is 23.1. The van der Waals surface area contributed by atoms with Crippen molar-refractivity contribution in [1.82, 2.24) is 29.5 Å². The lowest BCUT2D eigenvalue weighted by Crippen LogP contribution is -2.58. The molecular weight excluding hydrogens is 623 g/mol. The van der Waals surface area contributed by atoms with Crippen molar-refractivity contribution in [2.24, 2.45) is 0 Å². The highest BCUT2D eigenvalue weighted by molar-refractivity contribution is 6.42. The van der Waals surface area contributed by atoms with Crippen molar-refractivity contribution in [1.29, 1.82) is 0 Å². The first-order chi connectivity index (χ1) is 20.4. The average molecular weight is 641 g/mol. The van der Waals surface area contributed by atoms with Crippen LogP contribution < -0.4 is 10.7 Å². The van der Waals surface area contributed by atoms with Crippen LogP contribution in [0.5, 0.6) is 0 Å². The average Bonchev–Trinajstić information content (AvgIpc) is 3.69. The van der Waals surface area contributed by atoms with Gasteiger partial charge in [-0.25, -0.2) is 14.1 Å². The summed E-state index contributed by atoms with van der Waals surface area (Å²) in [5.41, 5.74) is 0.468. The quantitative estimate of drug-likeness (QED) is 0.332. The molecule has 17 heteroatoms. The number of aromatic amines is 1. The fraction of sp³-hybridized carbons (Fsp3) is 0.231. The number of hydroxylamine groups is 1. The third kappa shape index (κ3) is 5.18. The van der Waals surface area contributed by atoms with Crippen molar-refractivity contribution < 1.29 is 36.4 Å². The van der Waals surface area contributed by atoms with E-state index in [9.17, 15) is 31.9 Å². The second kappa shape index (κ2) is 10.6. The number of halogens is 6. The Labute approximate surface area is 248 Å². The number of amides is 1. The fourth-order valence-corrected chi connectivity index (χ4v) is 5.41. The number of hydrogen-bond donors (Lipinski definition) is 1. The van der Waals surface area contributed by atoms with Crippen LogP contribution in [0.4, 0.5) is 17.6 Å². The largest absolute Gasteiger partial charge is 0.493 e. The van der Waals surface area contributed by atoms with Gasteiger partial charge in [0, 0.05) is 23.5 Å². The summed E-state index contributed by atoms with van der Waals surface area (Å²) in [4.78, 5) is 47.2. The number of carbonyl (C=O) groups excluding carboxylic acids is 2. The number of carbonyl (C=O) groups is 2. The molecule has 0 saturated carbocycles. The molecule has 1 amide bonds. The zero-order chi connectivity index (χ0) is 30.6. The molecule has 2 aliphatic heterocycles. The number of rotatable bonds is 5. The summed E-state index contributed by atoms with van der Waals surface area (Å²) in [5, 5.41) is 4.73. The second-order valence-corrected chi connectivity index (χ2v) is 10.4. The fourth-order valence-electron chi connectivity index (χ4n) is 4.96. The van der Waals surface area contributed by atoms with Gasteiger partial charge < -0.3 is 14.3 Å². The number of hydrogen-bond acceptors (Lipinski definition) is 8. The maximum Gasteiger partial charge on any atom is 0.493 e. The molecule has 223 valence electrons. The first-order valence-corrected chi connectivity index (χ1v) is 13.3. The summed E-state index contributed by atoms with van der Waals surface area (Å²) in [6.45, 7) is -0.198. The summed E-state index contributed by atoms with van der Waals surface area (Å²) in [6, 6.07) is 8.37. The number of fused-ring (bicyclic) bond motifs is 2. The van der Waals surface area contributed by atoms with Gasteiger partial charge in [-0.1, -0.05) is 29.3 Å². The van der Waals surface area contributed by atoms with Gasteiger partial charge in [-0.05, 0) is 35.9 Å². The number of aromatic nitrogens is 2. The predicted octanol–water partition coefficient (Wildman–Crippen LogP) is 3.37. The lowest BCUT2D eigenvalue weighted by atomic mass is 10.0. The molecule has 1 aromatic carbocycles. The molecule has 43 heavy (non-hydrogen) atoms. The molecule has 1 atom stereocenters. The van der Waals surface area contributed by atoms with Crippen LogP contribution in [0.25, 0.3) is 5.52 Å². The van der Waals surface area contributed by atoms with Crippen molar-refractivity contribution in [3.8, 4) is 0 Å². The first-order valence-electron chi connectivity index (χ1n) is 12.5. The smallest absolute Gasteiger partial charge is 0.456 e. The van der Waals surface area contributed by atoms with Crippen molar-refractivity contribution in [2.45, 2.75) is 18.8 Å². The lowest BCUT2D eigenvalue weighted by molar-refractivity contribution is -0.258. The van der Waals surface area contributed by atoms with Crippen LogP contribution in [-0.4, -0.2) is 74.0 Å². The SMILES string of the molecule is O=C(c1cc(Cc2c[nH]c(=O)c3cc(Cl)c(Cl)n23)ccc1F)N1CCN2C(c3ccco3)=[N+]N(OC(=O)C(F)(F)F)C2C1. The van der Waals surface area contributed by atoms with E-state index in [1.165, 1.54) is 50.9 Å². The number of nitrogens with one attached hydrogen (secondary N) is 1. The highest BCUT2D eigenvalue weighted by Crippen LogP contribution is 2.28. The molecule has 4 aromatic rings. The Hall–Kier alpha value is -4.50. The molecule has 6 rings (SSSR count). The maximum atomic E-state index is 15.0. The molecule has 1 fully saturated rings. The Kier molecular flexibility index (Phi) is 7.08. The van der Waals surface area contributed by atoms with Crippen LogP contribution in [0.15, 0.2) is 58.1 Å². The highest BCUT2D eigenvalue weighted by atomic mass is 35.5. The number of amidine groups is 1. The first kappa shape index (κ1) is 28.6. The Morgan fingerprint density at radius 1 is 1.16 bits per heavy atom. The summed E-state index contributed by atoms with van der Waals surface area (Å²) < 4.78 is 60.7. The van der Waals surface area contributed by atoms with Gasteiger partial charge in [0.25, 0.3) is 17.6 Å². The molecule has 5 heterocycles. The van der Waals surface area contributed by atoms with E-state index < -0.39 is 35.6 Å². The van der Waals surface area contributed by atoms with E-state index in [2.05, 4.69) is 14.9 Å². The van der Waals surface area contributed by atoms with Gasteiger partial charge in [-0.15, -0.1) is 0 Å². The van der Waals surface area contributed by atoms with Crippen LogP contribution in [0.3, 0.4) is 0 Å². The third-order valence-electron chi connectivity index (χ3n) is 6.95. The van der Waals surface area contributed by atoms with E-state index >= 15 is 0 Å². The van der Waals surface area contributed by atoms with E-state index in [1.807, 2.05) is 0 Å². The van der Waals surface area contributed by atoms with Crippen LogP contribution in [0.1, 0.15) is 27.4 Å². The lowest BCUT2D eigenvalue weighted by Gasteiger charge is -2.34. The number of hydrazone groups is 1. The Bertz CT molecular complexity index is 1840. The van der Waals surface area contributed by atoms with Gasteiger partial charge in [-0.3, -0.25) is 18.8 Å². The molecular formula is C26H18Cl2F4N6O5+. The second-order valence-electron chi connectivity index (χ2n) is 9.61. The maximum absolute atomic E-state index is 15.0. The standard InChI is InChI=1S/C26H18Cl2F4N6O5/c27-16-10-18-23(39)33-11-14(37(18)21(16)28)8-13-3-4-17(29)15(9-13)24(40)35-5-6-36-20(12-35)38(43-25(41)26(30,31)32)34-22(36)19-2-1-7-42-19/h1-4,7,9-11,20H,5-6,8,12H2,(H,33,39)/q+1. The number of furan rings is 1. The summed E-state index contributed by atoms with van der Waals surface area (Å²) in [7, 11) is 0. The van der Waals surface area contributed by atoms with E-state index in [1.54, 1.807) is 6.07 Å². The van der Waals surface area contributed by atoms with Gasteiger partial charge >= 0.3 is 18.0 Å². The molecule has 1 saturated heterocycles. The van der Waals surface area contributed by atoms with E-state index in [-0.39, 0.29) is 58.9 Å². The molecule has 3 aromatic heterocycles. The predicted molar refractivity (Wildman–Crippen MR) is 143 cm³/mol. The summed E-state index contributed by atoms with van der Waals surface area (Å²) in [6.07, 6.45) is -3.56. The van der Waals surface area contributed by atoms with Crippen LogP contribution in [-0.2, 0) is 16.1 Å². The van der Waals surface area contributed by atoms with Gasteiger partial charge in [0.1, 0.15) is 23.0 Å². The van der Waals surface area contributed by atoms with Gasteiger partial charge in [0.15, 0.2) is 0 Å². The molecule has 1 unspecified atom stereocenters. The Morgan fingerprint density at radius 3 is 2.67 bits per heavy atom. The van der Waals surface area contributed by atoms with E-state index in [0.29, 0.717) is 16.4 Å². The van der Waals surface area contributed by atoms with Crippen molar-refractivity contribution >= 4 is 46.4 Å². The van der Waals surface area contributed by atoms with Crippen LogP contribution in [0.2, 0.25) is 10.2 Å². The minimum Gasteiger partial charge on any atom is -0.456 e. The third-order valence-corrected chi connectivity index (χ3v) is 7.70. The highest BCUT2D eigenvalue weighted by Gasteiger charge is 2.54. The van der Waals surface area contributed by atoms with Crippen molar-refractivity contribution in [3.63, 3.8) is 0 Å². The normalized spacial score (nSPS) is 16.9. The minimum atomic E-state index is -5.30. The Balaban J connectivity index is 1.26. The number of piperazine rings is 1. The molecule has 1 radical (unpaired) electrons. The number of H-pyrrole nitrogens is 1. The van der Waals surface area contributed by atoms with Gasteiger partial charge in [-0.2, -0.15) is 13.2 Å². The summed E-state index contributed by atoms with van der Waals surface area (Å²) in [5.74, 6) is -3.78. The summed E-state index contributed by atoms with van der Waals surface area (Å²) >= 11 is 12.4. The van der Waals surface area contributed by atoms with Crippen molar-refractivity contribution in [3.05, 3.63) is 97.8 Å². The minimum absolute atomic E-state index is 0.0395. The van der Waals surface area contributed by atoms with Crippen molar-refractivity contribution in [2.75, 3.05) is 19.6 Å². The van der Waals surface area contributed by atoms with Gasteiger partial charge in [0.05, 0.1) is 35.0 Å². The molecule has 2 aliphatic rings. The van der Waals surface area contributed by atoms with Crippen LogP contribution in [0, 0.1) is 5.82 Å². The molecule has 1 N–H and O–H groups in total. The molecule has 11 nitrogen and oxygen atoms in total. The van der Waals surface area contributed by atoms with Gasteiger partial charge in [0.2, 0.25) is 5.76 Å². The van der Waals surface area contributed by atoms with E-state index in [4.69, 9.17) is 27.6 Å². The number of nitrogens with zero attached hydrogens (tertiary/aromatic N) is 5.